The molecule has 0 unspecified atom stereocenters. The van der Waals surface area contributed by atoms with Crippen molar-refractivity contribution in [2.24, 2.45) is 0 Å². The van der Waals surface area contributed by atoms with Gasteiger partial charge in [-0.15, -0.1) is 0 Å². The number of para-hydroxylation sites is 1. The first-order valence-electron chi connectivity index (χ1n) is 7.20. The Hall–Kier alpha value is -2.56. The minimum atomic E-state index is -1.23. The third kappa shape index (κ3) is 3.03. The molecule has 22 heavy (non-hydrogen) atoms. The van der Waals surface area contributed by atoms with Crippen LogP contribution in [0.5, 0.6) is 5.75 Å². The van der Waals surface area contributed by atoms with Gasteiger partial charge >= 0.3 is 5.97 Å². The van der Waals surface area contributed by atoms with Crippen molar-refractivity contribution in [3.8, 4) is 16.9 Å². The molecule has 2 aromatic rings. The van der Waals surface area contributed by atoms with Gasteiger partial charge in [-0.1, -0.05) is 31.5 Å². The molecule has 5 heteroatoms. The molecule has 0 radical (unpaired) electrons. The first-order valence-corrected chi connectivity index (χ1v) is 7.20. The standard InChI is InChI=1S/C17H19NO4/c1-3-4-10-18-11-9-13(15(16(18)19)17(20)21)12-7-5-6-8-14(12)22-2/h5-9,11H,3-4,10H2,1-2H3,(H,20,21). The highest BCUT2D eigenvalue weighted by Gasteiger charge is 2.20. The van der Waals surface area contributed by atoms with Crippen LogP contribution in [0.25, 0.3) is 11.1 Å². The number of methoxy groups -OCH3 is 1. The van der Waals surface area contributed by atoms with Crippen LogP contribution >= 0.6 is 0 Å². The molecule has 5 nitrogen and oxygen atoms in total. The molecule has 0 fully saturated rings. The fourth-order valence-electron chi connectivity index (χ4n) is 2.38. The molecule has 1 N–H and O–H groups in total. The predicted octanol–water partition coefficient (Wildman–Crippen LogP) is 3.02. The number of hydrogen-bond donors (Lipinski definition) is 1. The number of benzene rings is 1. The molecule has 0 aliphatic carbocycles. The number of aryl methyl sites for hydroxylation is 1. The summed E-state index contributed by atoms with van der Waals surface area (Å²) < 4.78 is 6.72. The van der Waals surface area contributed by atoms with E-state index >= 15 is 0 Å². The quantitative estimate of drug-likeness (QED) is 0.890. The number of aromatic nitrogens is 1. The first-order chi connectivity index (χ1) is 10.6. The maximum absolute atomic E-state index is 12.5. The molecule has 0 aliphatic rings. The summed E-state index contributed by atoms with van der Waals surface area (Å²) in [7, 11) is 1.52. The summed E-state index contributed by atoms with van der Waals surface area (Å²) in [4.78, 5) is 24.0. The van der Waals surface area contributed by atoms with E-state index in [0.717, 1.165) is 12.8 Å². The lowest BCUT2D eigenvalue weighted by molar-refractivity contribution is 0.0695. The monoisotopic (exact) mass is 301 g/mol. The Morgan fingerprint density at radius 1 is 1.23 bits per heavy atom. The summed E-state index contributed by atoms with van der Waals surface area (Å²) >= 11 is 0. The zero-order chi connectivity index (χ0) is 16.1. The van der Waals surface area contributed by atoms with Crippen LogP contribution in [0, 0.1) is 0 Å². The van der Waals surface area contributed by atoms with E-state index in [-0.39, 0.29) is 5.56 Å². The molecule has 0 aliphatic heterocycles. The molecule has 1 aromatic carbocycles. The second kappa shape index (κ2) is 6.93. The first kappa shape index (κ1) is 15.8. The normalized spacial score (nSPS) is 10.5. The van der Waals surface area contributed by atoms with Gasteiger partial charge in [0.1, 0.15) is 11.3 Å². The van der Waals surface area contributed by atoms with Crippen molar-refractivity contribution in [1.82, 2.24) is 4.57 Å². The smallest absolute Gasteiger partial charge is 0.341 e. The second-order valence-corrected chi connectivity index (χ2v) is 4.96. The van der Waals surface area contributed by atoms with Crippen molar-refractivity contribution in [3.05, 3.63) is 52.4 Å². The molecule has 0 saturated heterocycles. The van der Waals surface area contributed by atoms with E-state index < -0.39 is 11.5 Å². The molecule has 1 heterocycles. The number of carboxylic acid groups (broad SMARTS) is 1. The van der Waals surface area contributed by atoms with E-state index in [2.05, 4.69) is 0 Å². The number of hydrogen-bond acceptors (Lipinski definition) is 3. The van der Waals surface area contributed by atoms with Crippen molar-refractivity contribution >= 4 is 5.97 Å². The van der Waals surface area contributed by atoms with Gasteiger partial charge < -0.3 is 14.4 Å². The van der Waals surface area contributed by atoms with E-state index in [9.17, 15) is 14.7 Å². The molecular weight excluding hydrogens is 282 g/mol. The van der Waals surface area contributed by atoms with Gasteiger partial charge in [0, 0.05) is 23.9 Å². The van der Waals surface area contributed by atoms with Crippen LogP contribution < -0.4 is 10.3 Å². The molecule has 0 spiro atoms. The molecule has 0 atom stereocenters. The summed E-state index contributed by atoms with van der Waals surface area (Å²) in [5.41, 5.74) is 0.275. The average Bonchev–Trinajstić information content (AvgIpc) is 2.53. The van der Waals surface area contributed by atoms with E-state index in [0.29, 0.717) is 23.4 Å². The third-order valence-corrected chi connectivity index (χ3v) is 3.53. The minimum Gasteiger partial charge on any atom is -0.496 e. The average molecular weight is 301 g/mol. The number of aromatic carboxylic acids is 1. The van der Waals surface area contributed by atoms with Crippen LogP contribution in [0.1, 0.15) is 30.1 Å². The van der Waals surface area contributed by atoms with Crippen LogP contribution in [-0.4, -0.2) is 22.8 Å². The zero-order valence-electron chi connectivity index (χ0n) is 12.7. The van der Waals surface area contributed by atoms with Crippen LogP contribution in [0.3, 0.4) is 0 Å². The highest BCUT2D eigenvalue weighted by molar-refractivity contribution is 5.96. The summed E-state index contributed by atoms with van der Waals surface area (Å²) in [6.45, 7) is 2.54. The number of nitrogens with zero attached hydrogens (tertiary/aromatic N) is 1. The fourth-order valence-corrected chi connectivity index (χ4v) is 2.38. The Bertz CT molecular complexity index is 734. The maximum Gasteiger partial charge on any atom is 0.341 e. The number of pyridine rings is 1. The summed E-state index contributed by atoms with van der Waals surface area (Å²) in [6.07, 6.45) is 3.41. The topological polar surface area (TPSA) is 68.5 Å². The van der Waals surface area contributed by atoms with Gasteiger partial charge in [0.25, 0.3) is 5.56 Å². The van der Waals surface area contributed by atoms with E-state index in [1.54, 1.807) is 36.5 Å². The van der Waals surface area contributed by atoms with Crippen molar-refractivity contribution in [1.29, 1.82) is 0 Å². The van der Waals surface area contributed by atoms with Crippen molar-refractivity contribution < 1.29 is 14.6 Å². The van der Waals surface area contributed by atoms with Crippen LogP contribution in [0.15, 0.2) is 41.3 Å². The number of unbranched alkanes of at least 4 members (excludes halogenated alkanes) is 1. The summed E-state index contributed by atoms with van der Waals surface area (Å²) in [6, 6.07) is 8.73. The Balaban J connectivity index is 2.64. The molecule has 1 aromatic heterocycles. The Morgan fingerprint density at radius 3 is 2.59 bits per heavy atom. The summed E-state index contributed by atoms with van der Waals surface area (Å²) in [5.74, 6) is -0.688. The van der Waals surface area contributed by atoms with Crippen molar-refractivity contribution in [2.75, 3.05) is 7.11 Å². The number of rotatable bonds is 6. The maximum atomic E-state index is 12.5. The Morgan fingerprint density at radius 2 is 1.95 bits per heavy atom. The van der Waals surface area contributed by atoms with Crippen LogP contribution in [0.4, 0.5) is 0 Å². The molecule has 0 saturated carbocycles. The van der Waals surface area contributed by atoms with Gasteiger partial charge in [0.2, 0.25) is 0 Å². The van der Waals surface area contributed by atoms with E-state index in [4.69, 9.17) is 4.74 Å². The SMILES string of the molecule is CCCCn1ccc(-c2ccccc2OC)c(C(=O)O)c1=O. The fraction of sp³-hybridized carbons (Fsp3) is 0.294. The zero-order valence-corrected chi connectivity index (χ0v) is 12.7. The molecule has 0 amide bonds. The predicted molar refractivity (Wildman–Crippen MR) is 84.6 cm³/mol. The van der Waals surface area contributed by atoms with Gasteiger partial charge in [-0.05, 0) is 18.6 Å². The van der Waals surface area contributed by atoms with E-state index in [1.807, 2.05) is 6.92 Å². The minimum absolute atomic E-state index is 0.219. The highest BCUT2D eigenvalue weighted by Crippen LogP contribution is 2.30. The van der Waals surface area contributed by atoms with Crippen molar-refractivity contribution in [2.45, 2.75) is 26.3 Å². The lowest BCUT2D eigenvalue weighted by Gasteiger charge is -2.13. The van der Waals surface area contributed by atoms with Crippen LogP contribution in [-0.2, 0) is 6.54 Å². The largest absolute Gasteiger partial charge is 0.496 e. The number of ether oxygens (including phenoxy) is 1. The summed E-state index contributed by atoms with van der Waals surface area (Å²) in [5, 5.41) is 9.47. The lowest BCUT2D eigenvalue weighted by Crippen LogP contribution is -2.27. The Kier molecular flexibility index (Phi) is 4.99. The Labute approximate surface area is 128 Å². The van der Waals surface area contributed by atoms with Gasteiger partial charge in [-0.3, -0.25) is 4.79 Å². The van der Waals surface area contributed by atoms with Crippen molar-refractivity contribution in [3.63, 3.8) is 0 Å². The lowest BCUT2D eigenvalue weighted by atomic mass is 10.0. The number of carboxylic acids is 1. The van der Waals surface area contributed by atoms with Gasteiger partial charge in [0.15, 0.2) is 0 Å². The molecular formula is C17H19NO4. The third-order valence-electron chi connectivity index (χ3n) is 3.53. The van der Waals surface area contributed by atoms with E-state index in [1.165, 1.54) is 11.7 Å². The highest BCUT2D eigenvalue weighted by atomic mass is 16.5. The molecule has 2 rings (SSSR count). The van der Waals surface area contributed by atoms with Gasteiger partial charge in [-0.25, -0.2) is 4.79 Å². The van der Waals surface area contributed by atoms with Crippen LogP contribution in [0.2, 0.25) is 0 Å². The molecule has 0 bridgehead atoms. The number of carbonyl (C=O) groups is 1. The van der Waals surface area contributed by atoms with Gasteiger partial charge in [-0.2, -0.15) is 0 Å². The second-order valence-electron chi connectivity index (χ2n) is 4.96. The van der Waals surface area contributed by atoms with Gasteiger partial charge in [0.05, 0.1) is 7.11 Å². The molecule has 116 valence electrons.